The summed E-state index contributed by atoms with van der Waals surface area (Å²) in [5.74, 6) is -0.155. The van der Waals surface area contributed by atoms with Gasteiger partial charge in [-0.1, -0.05) is 38.1 Å². The van der Waals surface area contributed by atoms with Crippen LogP contribution in [0.4, 0.5) is 4.79 Å². The van der Waals surface area contributed by atoms with E-state index in [4.69, 9.17) is 4.74 Å². The molecule has 1 aliphatic rings. The van der Waals surface area contributed by atoms with E-state index in [1.54, 1.807) is 11.0 Å². The average Bonchev–Trinajstić information content (AvgIpc) is 3.14. The summed E-state index contributed by atoms with van der Waals surface area (Å²) in [6.07, 6.45) is 2.40. The zero-order valence-electron chi connectivity index (χ0n) is 15.2. The minimum absolute atomic E-state index is 0.0282. The van der Waals surface area contributed by atoms with Gasteiger partial charge < -0.3 is 19.8 Å². The van der Waals surface area contributed by atoms with Gasteiger partial charge in [-0.15, -0.1) is 0 Å². The third kappa shape index (κ3) is 3.93. The molecule has 2 N–H and O–H groups in total. The molecular formula is C21H25NO4. The molecule has 0 bridgehead atoms. The smallest absolute Gasteiger partial charge is 0.415 e. The van der Waals surface area contributed by atoms with Crippen LogP contribution in [0.15, 0.2) is 36.4 Å². The van der Waals surface area contributed by atoms with Crippen LogP contribution in [-0.2, 0) is 6.42 Å². The number of nitrogens with zero attached hydrogens (tertiary/aromatic N) is 1. The lowest BCUT2D eigenvalue weighted by Crippen LogP contribution is -2.30. The van der Waals surface area contributed by atoms with Gasteiger partial charge in [0.1, 0.15) is 0 Å². The lowest BCUT2D eigenvalue weighted by molar-refractivity contribution is 0.161. The van der Waals surface area contributed by atoms with Crippen LogP contribution in [0.2, 0.25) is 0 Å². The van der Waals surface area contributed by atoms with E-state index in [2.05, 4.69) is 13.8 Å². The zero-order chi connectivity index (χ0) is 18.7. The maximum absolute atomic E-state index is 12.1. The van der Waals surface area contributed by atoms with Crippen LogP contribution in [0.5, 0.6) is 17.2 Å². The molecule has 1 heterocycles. The first-order valence-corrected chi connectivity index (χ1v) is 9.06. The van der Waals surface area contributed by atoms with Crippen LogP contribution in [0, 0.1) is 5.92 Å². The Hall–Kier alpha value is -2.69. The lowest BCUT2D eigenvalue weighted by Gasteiger charge is -2.16. The number of carbonyl (C=O) groups excluding carboxylic acids is 1. The molecule has 26 heavy (non-hydrogen) atoms. The van der Waals surface area contributed by atoms with E-state index in [1.807, 2.05) is 24.3 Å². The summed E-state index contributed by atoms with van der Waals surface area (Å²) in [5, 5.41) is 20.6. The van der Waals surface area contributed by atoms with Crippen molar-refractivity contribution in [2.45, 2.75) is 33.1 Å². The number of phenols is 2. The predicted octanol–water partition coefficient (Wildman–Crippen LogP) is 4.56. The van der Waals surface area contributed by atoms with Crippen LogP contribution in [0.25, 0.3) is 11.1 Å². The first kappa shape index (κ1) is 18.1. The number of ether oxygens (including phenoxy) is 1. The second-order valence-corrected chi connectivity index (χ2v) is 7.17. The molecule has 0 radical (unpaired) electrons. The Balaban J connectivity index is 1.79. The molecule has 0 saturated carbocycles. The van der Waals surface area contributed by atoms with E-state index in [0.717, 1.165) is 24.8 Å². The normalized spacial score (nSPS) is 14.0. The molecule has 5 heteroatoms. The molecule has 0 aliphatic carbocycles. The molecule has 1 fully saturated rings. The van der Waals surface area contributed by atoms with Crippen molar-refractivity contribution >= 4 is 6.09 Å². The summed E-state index contributed by atoms with van der Waals surface area (Å²) >= 11 is 0. The summed E-state index contributed by atoms with van der Waals surface area (Å²) in [6, 6.07) is 11.0. The summed E-state index contributed by atoms with van der Waals surface area (Å²) in [7, 11) is 0. The number of benzene rings is 2. The van der Waals surface area contributed by atoms with Gasteiger partial charge in [-0.25, -0.2) is 4.79 Å². The van der Waals surface area contributed by atoms with Crippen molar-refractivity contribution in [3.05, 3.63) is 42.0 Å². The van der Waals surface area contributed by atoms with E-state index in [1.165, 1.54) is 11.6 Å². The molecule has 1 aliphatic heterocycles. The van der Waals surface area contributed by atoms with Crippen LogP contribution in [0.1, 0.15) is 32.3 Å². The third-order valence-electron chi connectivity index (χ3n) is 4.58. The Kier molecular flexibility index (Phi) is 5.35. The zero-order valence-corrected chi connectivity index (χ0v) is 15.2. The van der Waals surface area contributed by atoms with Gasteiger partial charge in [0.15, 0.2) is 11.5 Å². The molecule has 1 saturated heterocycles. The van der Waals surface area contributed by atoms with Crippen LogP contribution < -0.4 is 4.74 Å². The van der Waals surface area contributed by atoms with Crippen molar-refractivity contribution in [2.75, 3.05) is 13.1 Å². The van der Waals surface area contributed by atoms with Gasteiger partial charge >= 0.3 is 6.09 Å². The number of carbonyl (C=O) groups is 1. The van der Waals surface area contributed by atoms with Crippen LogP contribution >= 0.6 is 0 Å². The van der Waals surface area contributed by atoms with Gasteiger partial charge in [0.25, 0.3) is 0 Å². The number of aromatic hydroxyl groups is 2. The summed E-state index contributed by atoms with van der Waals surface area (Å²) in [4.78, 5) is 13.7. The first-order valence-electron chi connectivity index (χ1n) is 9.06. The fourth-order valence-electron chi connectivity index (χ4n) is 3.23. The van der Waals surface area contributed by atoms with Crippen molar-refractivity contribution < 1.29 is 19.7 Å². The van der Waals surface area contributed by atoms with Crippen molar-refractivity contribution in [1.29, 1.82) is 0 Å². The highest BCUT2D eigenvalue weighted by Crippen LogP contribution is 2.43. The quantitative estimate of drug-likeness (QED) is 0.789. The lowest BCUT2D eigenvalue weighted by atomic mass is 9.98. The van der Waals surface area contributed by atoms with Gasteiger partial charge in [-0.2, -0.15) is 0 Å². The second-order valence-electron chi connectivity index (χ2n) is 7.17. The maximum atomic E-state index is 12.1. The van der Waals surface area contributed by atoms with E-state index in [0.29, 0.717) is 24.6 Å². The van der Waals surface area contributed by atoms with Crippen molar-refractivity contribution in [3.8, 4) is 28.4 Å². The highest BCUT2D eigenvalue weighted by Gasteiger charge is 2.22. The molecule has 0 spiro atoms. The molecule has 2 aromatic rings. The van der Waals surface area contributed by atoms with E-state index < -0.39 is 11.8 Å². The second kappa shape index (κ2) is 7.68. The van der Waals surface area contributed by atoms with E-state index in [9.17, 15) is 15.0 Å². The molecule has 0 aromatic heterocycles. The van der Waals surface area contributed by atoms with Gasteiger partial charge in [-0.05, 0) is 48.4 Å². The highest BCUT2D eigenvalue weighted by molar-refractivity contribution is 5.78. The maximum Gasteiger partial charge on any atom is 0.415 e. The number of amides is 1. The summed E-state index contributed by atoms with van der Waals surface area (Å²) in [5.41, 5.74) is 2.52. The summed E-state index contributed by atoms with van der Waals surface area (Å²) in [6.45, 7) is 5.65. The number of hydrogen-bond acceptors (Lipinski definition) is 4. The van der Waals surface area contributed by atoms with E-state index in [-0.39, 0.29) is 11.5 Å². The molecule has 0 unspecified atom stereocenters. The van der Waals surface area contributed by atoms with Crippen LogP contribution in [-0.4, -0.2) is 34.3 Å². The number of hydrogen-bond donors (Lipinski definition) is 2. The number of rotatable bonds is 4. The Labute approximate surface area is 153 Å². The Morgan fingerprint density at radius 2 is 1.69 bits per heavy atom. The van der Waals surface area contributed by atoms with Gasteiger partial charge in [-0.3, -0.25) is 0 Å². The number of phenolic OH excluding ortho intramolecular Hbond substituents is 2. The minimum atomic E-state index is -0.497. The monoisotopic (exact) mass is 355 g/mol. The van der Waals surface area contributed by atoms with Gasteiger partial charge in [0.05, 0.1) is 0 Å². The standard InChI is InChI=1S/C21H25NO4/c1-14(2)13-15-5-7-16(8-6-15)17-9-10-18(20(24)19(17)23)26-21(25)22-11-3-4-12-22/h5-10,14,23-24H,3-4,11-13H2,1-2H3. The Morgan fingerprint density at radius 1 is 1.04 bits per heavy atom. The van der Waals surface area contributed by atoms with Gasteiger partial charge in [0, 0.05) is 18.7 Å². The molecule has 138 valence electrons. The number of likely N-dealkylation sites (tertiary alicyclic amines) is 1. The minimum Gasteiger partial charge on any atom is -0.504 e. The fourth-order valence-corrected chi connectivity index (χ4v) is 3.23. The molecule has 1 amide bonds. The molecule has 3 rings (SSSR count). The summed E-state index contributed by atoms with van der Waals surface area (Å²) < 4.78 is 5.24. The molecule has 0 atom stereocenters. The molecular weight excluding hydrogens is 330 g/mol. The van der Waals surface area contributed by atoms with Crippen LogP contribution in [0.3, 0.4) is 0 Å². The Morgan fingerprint density at radius 3 is 2.31 bits per heavy atom. The average molecular weight is 355 g/mol. The SMILES string of the molecule is CC(C)Cc1ccc(-c2ccc(OC(=O)N3CCCC3)c(O)c2O)cc1. The topological polar surface area (TPSA) is 70.0 Å². The van der Waals surface area contributed by atoms with Crippen molar-refractivity contribution in [3.63, 3.8) is 0 Å². The van der Waals surface area contributed by atoms with Crippen molar-refractivity contribution in [1.82, 2.24) is 4.90 Å². The fraction of sp³-hybridized carbons (Fsp3) is 0.381. The van der Waals surface area contributed by atoms with E-state index >= 15 is 0 Å². The predicted molar refractivity (Wildman–Crippen MR) is 101 cm³/mol. The molecule has 5 nitrogen and oxygen atoms in total. The highest BCUT2D eigenvalue weighted by atomic mass is 16.6. The van der Waals surface area contributed by atoms with Gasteiger partial charge in [0.2, 0.25) is 5.75 Å². The van der Waals surface area contributed by atoms with Crippen molar-refractivity contribution in [2.24, 2.45) is 5.92 Å². The Bertz CT molecular complexity index is 777. The first-order chi connectivity index (χ1) is 12.5. The third-order valence-corrected chi connectivity index (χ3v) is 4.58. The largest absolute Gasteiger partial charge is 0.504 e. The molecule has 2 aromatic carbocycles.